The van der Waals surface area contributed by atoms with Crippen LogP contribution in [0.2, 0.25) is 0 Å². The van der Waals surface area contributed by atoms with E-state index in [1.807, 2.05) is 42.5 Å². The molecule has 0 spiro atoms. The molecular weight excluding hydrogens is 234 g/mol. The van der Waals surface area contributed by atoms with Gasteiger partial charge in [0.2, 0.25) is 0 Å². The van der Waals surface area contributed by atoms with Crippen LogP contribution in [0.5, 0.6) is 0 Å². The van der Waals surface area contributed by atoms with E-state index >= 15 is 0 Å². The van der Waals surface area contributed by atoms with E-state index in [-0.39, 0.29) is 0 Å². The molecule has 0 saturated carbocycles. The summed E-state index contributed by atoms with van der Waals surface area (Å²) < 4.78 is 0. The van der Waals surface area contributed by atoms with Crippen molar-refractivity contribution in [2.75, 3.05) is 5.01 Å². The summed E-state index contributed by atoms with van der Waals surface area (Å²) in [7, 11) is 0. The molecule has 0 heterocycles. The van der Waals surface area contributed by atoms with E-state index < -0.39 is 0 Å². The molecule has 0 aliphatic carbocycles. The third kappa shape index (κ3) is 3.16. The Balaban J connectivity index is 2.25. The summed E-state index contributed by atoms with van der Waals surface area (Å²) in [5.74, 6) is 0. The van der Waals surface area contributed by atoms with Crippen LogP contribution in [0.25, 0.3) is 11.1 Å². The highest BCUT2D eigenvalue weighted by Crippen LogP contribution is 2.23. The lowest BCUT2D eigenvalue weighted by molar-refractivity contribution is 0.966. The molecule has 0 fully saturated rings. The van der Waals surface area contributed by atoms with Crippen LogP contribution in [0, 0.1) is 0 Å². The van der Waals surface area contributed by atoms with Gasteiger partial charge in [-0.25, -0.2) is 5.01 Å². The van der Waals surface area contributed by atoms with Crippen LogP contribution in [-0.2, 0) is 0 Å². The predicted octanol–water partition coefficient (Wildman–Crippen LogP) is 4.81. The Bertz CT molecular complexity index is 571. The second-order valence-electron chi connectivity index (χ2n) is 3.83. The zero-order valence-corrected chi connectivity index (χ0v) is 10.6. The summed E-state index contributed by atoms with van der Waals surface area (Å²) in [4.78, 5) is 0. The summed E-state index contributed by atoms with van der Waals surface area (Å²) in [6, 6.07) is 18.3. The maximum atomic E-state index is 3.96. The van der Waals surface area contributed by atoms with E-state index in [1.54, 1.807) is 11.2 Å². The third-order valence-corrected chi connectivity index (χ3v) is 2.64. The fourth-order valence-corrected chi connectivity index (χ4v) is 1.72. The Morgan fingerprint density at radius 1 is 0.842 bits per heavy atom. The van der Waals surface area contributed by atoms with Crippen LogP contribution >= 0.6 is 0 Å². The fraction of sp³-hybridized carbons (Fsp3) is 0. The molecule has 3 nitrogen and oxygen atoms in total. The van der Waals surface area contributed by atoms with Crippen molar-refractivity contribution in [2.24, 2.45) is 10.3 Å². The lowest BCUT2D eigenvalue weighted by Gasteiger charge is -2.12. The number of hydrogen-bond donors (Lipinski definition) is 0. The quantitative estimate of drug-likeness (QED) is 0.551. The van der Waals surface area contributed by atoms with Crippen molar-refractivity contribution >= 4 is 5.69 Å². The van der Waals surface area contributed by atoms with E-state index in [2.05, 4.69) is 35.6 Å². The molecule has 0 atom stereocenters. The highest BCUT2D eigenvalue weighted by molar-refractivity contribution is 5.66. The van der Waals surface area contributed by atoms with Gasteiger partial charge in [0, 0.05) is 12.4 Å². The lowest BCUT2D eigenvalue weighted by Crippen LogP contribution is -2.04. The molecule has 2 aromatic rings. The largest absolute Gasteiger partial charge is 0.223 e. The zero-order valence-electron chi connectivity index (χ0n) is 10.6. The molecule has 0 unspecified atom stereocenters. The van der Waals surface area contributed by atoms with Gasteiger partial charge in [-0.1, -0.05) is 60.8 Å². The van der Waals surface area contributed by atoms with Crippen molar-refractivity contribution in [3.8, 4) is 11.1 Å². The van der Waals surface area contributed by atoms with E-state index in [0.29, 0.717) is 0 Å². The van der Waals surface area contributed by atoms with Crippen molar-refractivity contribution in [1.29, 1.82) is 0 Å². The number of hydrogen-bond acceptors (Lipinski definition) is 2. The van der Waals surface area contributed by atoms with Crippen LogP contribution in [0.3, 0.4) is 0 Å². The first kappa shape index (κ1) is 12.8. The summed E-state index contributed by atoms with van der Waals surface area (Å²) in [6.07, 6.45) is 2.99. The normalized spacial score (nSPS) is 10.3. The van der Waals surface area contributed by atoms with Crippen LogP contribution in [0.15, 0.2) is 90.5 Å². The standard InChI is InChI=1S/C16H15N3/c1-3-17-18-19(4-2)16-12-10-15(11-13-16)14-8-6-5-7-9-14/h3-13H,1-2H2. The summed E-state index contributed by atoms with van der Waals surface area (Å²) in [5.41, 5.74) is 3.25. The lowest BCUT2D eigenvalue weighted by atomic mass is 10.1. The van der Waals surface area contributed by atoms with E-state index in [0.717, 1.165) is 11.3 Å². The number of rotatable bonds is 5. The van der Waals surface area contributed by atoms with Crippen LogP contribution in [-0.4, -0.2) is 0 Å². The molecule has 2 rings (SSSR count). The van der Waals surface area contributed by atoms with Gasteiger partial charge in [-0.3, -0.25) is 0 Å². The van der Waals surface area contributed by atoms with Gasteiger partial charge in [-0.2, -0.15) is 0 Å². The minimum Gasteiger partial charge on any atom is -0.223 e. The van der Waals surface area contributed by atoms with Crippen LogP contribution < -0.4 is 5.01 Å². The molecule has 0 N–H and O–H groups in total. The highest BCUT2D eigenvalue weighted by Gasteiger charge is 2.01. The Morgan fingerprint density at radius 2 is 1.47 bits per heavy atom. The topological polar surface area (TPSA) is 28.0 Å². The minimum absolute atomic E-state index is 0.903. The van der Waals surface area contributed by atoms with Gasteiger partial charge >= 0.3 is 0 Å². The molecule has 3 heteroatoms. The maximum Gasteiger partial charge on any atom is 0.0662 e. The Hall–Kier alpha value is -2.68. The summed E-state index contributed by atoms with van der Waals surface area (Å²) in [5, 5.41) is 9.29. The Kier molecular flexibility index (Phi) is 4.24. The van der Waals surface area contributed by atoms with Gasteiger partial charge in [-0.05, 0) is 23.3 Å². The molecule has 0 aliphatic rings. The first-order valence-electron chi connectivity index (χ1n) is 5.94. The van der Waals surface area contributed by atoms with Gasteiger partial charge in [-0.15, -0.1) is 5.11 Å². The summed E-state index contributed by atoms with van der Waals surface area (Å²) >= 11 is 0. The maximum absolute atomic E-state index is 3.96. The first-order valence-corrected chi connectivity index (χ1v) is 5.94. The highest BCUT2D eigenvalue weighted by atomic mass is 15.5. The molecule has 2 aromatic carbocycles. The predicted molar refractivity (Wildman–Crippen MR) is 79.6 cm³/mol. The van der Waals surface area contributed by atoms with Crippen LogP contribution in [0.4, 0.5) is 5.69 Å². The van der Waals surface area contributed by atoms with Gasteiger partial charge < -0.3 is 0 Å². The zero-order chi connectivity index (χ0) is 13.5. The monoisotopic (exact) mass is 249 g/mol. The van der Waals surface area contributed by atoms with E-state index in [4.69, 9.17) is 0 Å². The van der Waals surface area contributed by atoms with Crippen molar-refractivity contribution < 1.29 is 0 Å². The van der Waals surface area contributed by atoms with Crippen molar-refractivity contribution in [2.45, 2.75) is 0 Å². The van der Waals surface area contributed by atoms with Gasteiger partial charge in [0.05, 0.1) is 5.69 Å². The SMILES string of the molecule is C=CN=NN(C=C)c1ccc(-c2ccccc2)cc1. The van der Waals surface area contributed by atoms with E-state index in [1.165, 1.54) is 11.8 Å². The molecule has 19 heavy (non-hydrogen) atoms. The third-order valence-electron chi connectivity index (χ3n) is 2.64. The van der Waals surface area contributed by atoms with Crippen molar-refractivity contribution in [1.82, 2.24) is 0 Å². The number of benzene rings is 2. The van der Waals surface area contributed by atoms with Crippen molar-refractivity contribution in [3.63, 3.8) is 0 Å². The molecule has 94 valence electrons. The second-order valence-corrected chi connectivity index (χ2v) is 3.83. The average Bonchev–Trinajstić information content (AvgIpc) is 2.49. The molecule has 0 saturated heterocycles. The second kappa shape index (κ2) is 6.31. The van der Waals surface area contributed by atoms with Crippen molar-refractivity contribution in [3.05, 3.63) is 80.2 Å². The summed E-state index contributed by atoms with van der Waals surface area (Å²) in [6.45, 7) is 7.20. The minimum atomic E-state index is 0.903. The number of anilines is 1. The van der Waals surface area contributed by atoms with E-state index in [9.17, 15) is 0 Å². The van der Waals surface area contributed by atoms with Gasteiger partial charge in [0.1, 0.15) is 0 Å². The van der Waals surface area contributed by atoms with Crippen LogP contribution in [0.1, 0.15) is 0 Å². The Morgan fingerprint density at radius 3 is 2.05 bits per heavy atom. The fourth-order valence-electron chi connectivity index (χ4n) is 1.72. The average molecular weight is 249 g/mol. The molecule has 0 aliphatic heterocycles. The molecular formula is C16H15N3. The molecule has 0 radical (unpaired) electrons. The first-order chi connectivity index (χ1) is 9.35. The number of nitrogens with zero attached hydrogens (tertiary/aromatic N) is 3. The van der Waals surface area contributed by atoms with Gasteiger partial charge in [0.15, 0.2) is 0 Å². The molecule has 0 bridgehead atoms. The van der Waals surface area contributed by atoms with Gasteiger partial charge in [0.25, 0.3) is 0 Å². The molecule has 0 amide bonds. The Labute approximate surface area is 113 Å². The molecule has 0 aromatic heterocycles. The smallest absolute Gasteiger partial charge is 0.0662 e.